The zero-order chi connectivity index (χ0) is 34.1. The van der Waals surface area contributed by atoms with E-state index in [-0.39, 0.29) is 0 Å². The summed E-state index contributed by atoms with van der Waals surface area (Å²) in [6.45, 7) is 5.28. The summed E-state index contributed by atoms with van der Waals surface area (Å²) >= 11 is 1.20. The van der Waals surface area contributed by atoms with Crippen molar-refractivity contribution in [1.29, 1.82) is 0 Å². The molecule has 49 heavy (non-hydrogen) atoms. The maximum absolute atomic E-state index is 13.4. The van der Waals surface area contributed by atoms with Crippen molar-refractivity contribution in [2.75, 3.05) is 68.2 Å². The van der Waals surface area contributed by atoms with Crippen LogP contribution in [-0.2, 0) is 21.0 Å². The van der Waals surface area contributed by atoms with E-state index in [1.54, 1.807) is 24.6 Å². The molecule has 0 spiro atoms. The quantitative estimate of drug-likeness (QED) is 0.161. The number of aromatic nitrogens is 2. The molecule has 254 valence electrons. The Morgan fingerprint density at radius 1 is 0.898 bits per heavy atom. The van der Waals surface area contributed by atoms with Gasteiger partial charge < -0.3 is 14.8 Å². The lowest BCUT2D eigenvalue weighted by molar-refractivity contribution is 0.154. The van der Waals surface area contributed by atoms with Gasteiger partial charge in [-0.3, -0.25) is 8.61 Å². The summed E-state index contributed by atoms with van der Waals surface area (Å²) in [5, 5.41) is 3.57. The van der Waals surface area contributed by atoms with Gasteiger partial charge in [-0.25, -0.2) is 17.6 Å². The Labute approximate surface area is 294 Å². The number of piperazine rings is 1. The van der Waals surface area contributed by atoms with Gasteiger partial charge in [-0.1, -0.05) is 48.5 Å². The molecule has 0 bridgehead atoms. The third-order valence-corrected chi connectivity index (χ3v) is 14.0. The molecular weight excluding hydrogens is 673 g/mol. The number of thiophene rings is 1. The van der Waals surface area contributed by atoms with Crippen molar-refractivity contribution >= 4 is 65.7 Å². The average Bonchev–Trinajstić information content (AvgIpc) is 3.81. The molecule has 0 amide bonds. The second-order valence-electron chi connectivity index (χ2n) is 12.5. The van der Waals surface area contributed by atoms with Crippen LogP contribution in [0.15, 0.2) is 101 Å². The summed E-state index contributed by atoms with van der Waals surface area (Å²) < 4.78 is 43.5. The van der Waals surface area contributed by atoms with Crippen LogP contribution in [0.4, 0.5) is 11.4 Å². The first kappa shape index (κ1) is 33.4. The molecule has 0 radical (unpaired) electrons. The Hall–Kier alpha value is -4.07. The van der Waals surface area contributed by atoms with E-state index in [0.717, 1.165) is 89.0 Å². The summed E-state index contributed by atoms with van der Waals surface area (Å²) in [4.78, 5) is 13.1. The van der Waals surface area contributed by atoms with Crippen molar-refractivity contribution in [3.63, 3.8) is 0 Å². The Balaban J connectivity index is 1.21. The van der Waals surface area contributed by atoms with E-state index in [1.165, 1.54) is 15.6 Å². The third-order valence-electron chi connectivity index (χ3n) is 9.38. The molecule has 3 aromatic heterocycles. The molecule has 7 rings (SSSR count). The van der Waals surface area contributed by atoms with Gasteiger partial charge in [-0.05, 0) is 72.9 Å². The molecule has 1 aliphatic heterocycles. The molecule has 9 nitrogen and oxygen atoms in total. The maximum Gasteiger partial charge on any atom is 0.273 e. The number of likely N-dealkylation sites (N-methyl/N-ethyl adjacent to an activating group) is 1. The minimum absolute atomic E-state index is 0.298. The minimum atomic E-state index is -3.70. The van der Waals surface area contributed by atoms with Gasteiger partial charge in [0.05, 0.1) is 5.69 Å². The molecular formula is C37H40N6O3S3. The number of nitrogens with zero attached hydrogens (tertiary/aromatic N) is 5. The highest BCUT2D eigenvalue weighted by Gasteiger charge is 2.24. The first-order chi connectivity index (χ1) is 23.7. The fourth-order valence-corrected chi connectivity index (χ4v) is 9.79. The first-order valence-electron chi connectivity index (χ1n) is 16.4. The summed E-state index contributed by atoms with van der Waals surface area (Å²) in [6, 6.07) is 27.4. The van der Waals surface area contributed by atoms with Gasteiger partial charge in [0.25, 0.3) is 10.0 Å². The first-order valence-corrected chi connectivity index (χ1v) is 20.0. The third kappa shape index (κ3) is 6.75. The number of aromatic amines is 1. The van der Waals surface area contributed by atoms with Crippen molar-refractivity contribution in [3.05, 3.63) is 96.5 Å². The van der Waals surface area contributed by atoms with Crippen LogP contribution < -0.4 is 8.61 Å². The molecule has 1 N–H and O–H groups in total. The number of rotatable bonds is 11. The molecule has 4 heterocycles. The van der Waals surface area contributed by atoms with Crippen LogP contribution in [0.2, 0.25) is 0 Å². The van der Waals surface area contributed by atoms with Gasteiger partial charge in [0, 0.05) is 85.3 Å². The summed E-state index contributed by atoms with van der Waals surface area (Å²) in [5.74, 6) is 0.621. The topological polar surface area (TPSA) is 92.8 Å². The van der Waals surface area contributed by atoms with Gasteiger partial charge in [-0.15, -0.1) is 11.3 Å². The molecule has 1 aliphatic rings. The van der Waals surface area contributed by atoms with E-state index in [2.05, 4.69) is 46.1 Å². The number of nitrogens with one attached hydrogen (secondary N) is 1. The number of H-pyrrole nitrogens is 1. The molecule has 3 aromatic carbocycles. The predicted octanol–water partition coefficient (Wildman–Crippen LogP) is 6.67. The molecule has 0 aliphatic carbocycles. The molecule has 0 saturated carbocycles. The lowest BCUT2D eigenvalue weighted by atomic mass is 9.92. The zero-order valence-corrected chi connectivity index (χ0v) is 30.3. The van der Waals surface area contributed by atoms with E-state index in [1.807, 2.05) is 66.1 Å². The van der Waals surface area contributed by atoms with Gasteiger partial charge in [0.1, 0.15) is 20.8 Å². The largest absolute Gasteiger partial charge is 0.339 e. The number of sulfonamides is 1. The van der Waals surface area contributed by atoms with Crippen molar-refractivity contribution < 1.29 is 12.6 Å². The molecule has 1 saturated heterocycles. The Morgan fingerprint density at radius 2 is 1.63 bits per heavy atom. The van der Waals surface area contributed by atoms with Gasteiger partial charge >= 0.3 is 0 Å². The van der Waals surface area contributed by atoms with Crippen LogP contribution in [0.1, 0.15) is 6.42 Å². The zero-order valence-electron chi connectivity index (χ0n) is 27.9. The van der Waals surface area contributed by atoms with E-state index in [4.69, 9.17) is 4.98 Å². The highest BCUT2D eigenvalue weighted by atomic mass is 32.2. The van der Waals surface area contributed by atoms with Crippen molar-refractivity contribution in [2.45, 2.75) is 10.6 Å². The van der Waals surface area contributed by atoms with Gasteiger partial charge in [0.15, 0.2) is 0 Å². The van der Waals surface area contributed by atoms with Crippen LogP contribution in [0.25, 0.3) is 44.2 Å². The summed E-state index contributed by atoms with van der Waals surface area (Å²) in [6.07, 6.45) is 2.79. The normalized spacial score (nSPS) is 15.2. The van der Waals surface area contributed by atoms with E-state index in [9.17, 15) is 12.6 Å². The van der Waals surface area contributed by atoms with Gasteiger partial charge in [0.2, 0.25) is 0 Å². The second-order valence-corrected chi connectivity index (χ2v) is 17.2. The molecule has 1 unspecified atom stereocenters. The number of benzene rings is 3. The monoisotopic (exact) mass is 712 g/mol. The van der Waals surface area contributed by atoms with Crippen molar-refractivity contribution in [3.8, 4) is 22.3 Å². The fraction of sp³-hybridized carbons (Fsp3) is 0.270. The summed E-state index contributed by atoms with van der Waals surface area (Å²) in [5.41, 5.74) is 7.02. The molecule has 6 aromatic rings. The smallest absolute Gasteiger partial charge is 0.273 e. The Bertz CT molecular complexity index is 2200. The molecule has 12 heteroatoms. The fourth-order valence-electron chi connectivity index (χ4n) is 6.44. The SMILES string of the molecule is CN1CCN(CCCS(=O)N(C)c2ccc(-c3cnc4[nH]c5ccc(N(C)S(=O)(=O)c6cccs6)cc5c4c3-c3ccccc3)cc2)CC1. The standard InChI is InChI=1S/C37H40N6O3S3/c1-40-19-21-43(22-20-40)18-8-24-48(44)41(2)29-14-12-27(13-15-29)32-26-38-37-36(35(32)28-9-5-4-6-10-28)31-25-30(16-17-33(31)39-37)42(3)49(45,46)34-11-7-23-47-34/h4-7,9-17,23,25-26H,8,18-22,24H2,1-3H3,(H,38,39). The van der Waals surface area contributed by atoms with E-state index >= 15 is 0 Å². The van der Waals surface area contributed by atoms with E-state index < -0.39 is 21.0 Å². The highest BCUT2D eigenvalue weighted by molar-refractivity contribution is 7.94. The molecule has 1 fully saturated rings. The van der Waals surface area contributed by atoms with Crippen LogP contribution in [0.5, 0.6) is 0 Å². The van der Waals surface area contributed by atoms with Crippen molar-refractivity contribution in [2.24, 2.45) is 0 Å². The van der Waals surface area contributed by atoms with Gasteiger partial charge in [-0.2, -0.15) is 0 Å². The lowest BCUT2D eigenvalue weighted by Gasteiger charge is -2.32. The number of hydrogen-bond acceptors (Lipinski definition) is 7. The molecule has 1 atom stereocenters. The lowest BCUT2D eigenvalue weighted by Crippen LogP contribution is -2.44. The van der Waals surface area contributed by atoms with Crippen LogP contribution in [0.3, 0.4) is 0 Å². The average molecular weight is 713 g/mol. The van der Waals surface area contributed by atoms with Crippen LogP contribution >= 0.6 is 11.3 Å². The Morgan fingerprint density at radius 3 is 2.35 bits per heavy atom. The van der Waals surface area contributed by atoms with E-state index in [0.29, 0.717) is 15.6 Å². The number of fused-ring (bicyclic) bond motifs is 3. The number of anilines is 2. The summed E-state index contributed by atoms with van der Waals surface area (Å²) in [7, 11) is 0.809. The predicted molar refractivity (Wildman–Crippen MR) is 204 cm³/mol. The highest BCUT2D eigenvalue weighted by Crippen LogP contribution is 2.42. The van der Waals surface area contributed by atoms with Crippen LogP contribution in [0, 0.1) is 0 Å². The minimum Gasteiger partial charge on any atom is -0.339 e. The second kappa shape index (κ2) is 14.0. The number of hydrogen-bond donors (Lipinski definition) is 1. The van der Waals surface area contributed by atoms with Crippen LogP contribution in [-0.4, -0.2) is 92.0 Å². The van der Waals surface area contributed by atoms with Crippen molar-refractivity contribution in [1.82, 2.24) is 19.8 Å². The Kier molecular flexibility index (Phi) is 9.58. The maximum atomic E-state index is 13.4. The number of pyridine rings is 1.